The lowest BCUT2D eigenvalue weighted by molar-refractivity contribution is -0.139. The summed E-state index contributed by atoms with van der Waals surface area (Å²) in [6, 6.07) is -1.31. The van der Waals surface area contributed by atoms with E-state index in [0.717, 1.165) is 31.6 Å². The second-order valence-electron chi connectivity index (χ2n) is 5.42. The smallest absolute Gasteiger partial charge is 0.327 e. The van der Waals surface area contributed by atoms with Gasteiger partial charge in [-0.05, 0) is 31.6 Å². The average molecular weight is 280 g/mol. The Balaban J connectivity index is 2.33. The van der Waals surface area contributed by atoms with E-state index in [1.54, 1.807) is 0 Å². The summed E-state index contributed by atoms with van der Waals surface area (Å²) >= 11 is 0. The maximum absolute atomic E-state index is 11.8. The molecule has 5 heteroatoms. The number of urea groups is 1. The molecule has 0 aromatic heterocycles. The molecule has 1 aliphatic rings. The lowest BCUT2D eigenvalue weighted by atomic mass is 9.83. The molecule has 0 heterocycles. The molecule has 0 aromatic carbocycles. The molecule has 0 saturated heterocycles. The third kappa shape index (κ3) is 5.52. The average Bonchev–Trinajstić information content (AvgIpc) is 2.40. The Kier molecular flexibility index (Phi) is 6.92. The van der Waals surface area contributed by atoms with E-state index in [-0.39, 0.29) is 12.5 Å². The quantitative estimate of drug-likeness (QED) is 0.652. The minimum Gasteiger partial charge on any atom is -0.480 e. The molecule has 20 heavy (non-hydrogen) atoms. The molecule has 0 aromatic rings. The fourth-order valence-electron chi connectivity index (χ4n) is 2.71. The summed E-state index contributed by atoms with van der Waals surface area (Å²) in [5, 5.41) is 14.2. The van der Waals surface area contributed by atoms with Crippen molar-refractivity contribution in [2.75, 3.05) is 0 Å². The first-order valence-electron chi connectivity index (χ1n) is 7.30. The van der Waals surface area contributed by atoms with E-state index in [2.05, 4.69) is 23.5 Å². The Morgan fingerprint density at radius 3 is 2.50 bits per heavy atom. The van der Waals surface area contributed by atoms with Crippen molar-refractivity contribution in [3.63, 3.8) is 0 Å². The fraction of sp³-hybridized carbons (Fsp3) is 0.733. The Hall–Kier alpha value is -1.70. The van der Waals surface area contributed by atoms with Crippen LogP contribution in [0.3, 0.4) is 0 Å². The number of rotatable bonds is 6. The molecule has 112 valence electrons. The predicted molar refractivity (Wildman–Crippen MR) is 77.2 cm³/mol. The molecule has 0 spiro atoms. The van der Waals surface area contributed by atoms with Gasteiger partial charge in [-0.1, -0.05) is 19.8 Å². The van der Waals surface area contributed by atoms with Gasteiger partial charge in [0.15, 0.2) is 0 Å². The van der Waals surface area contributed by atoms with Gasteiger partial charge >= 0.3 is 12.0 Å². The van der Waals surface area contributed by atoms with Crippen LogP contribution in [0.1, 0.15) is 51.9 Å². The van der Waals surface area contributed by atoms with Gasteiger partial charge in [0.05, 0.1) is 0 Å². The summed E-state index contributed by atoms with van der Waals surface area (Å²) in [4.78, 5) is 22.6. The van der Waals surface area contributed by atoms with Crippen molar-refractivity contribution in [3.05, 3.63) is 0 Å². The predicted octanol–water partition coefficient (Wildman–Crippen LogP) is 2.12. The summed E-state index contributed by atoms with van der Waals surface area (Å²) in [6.45, 7) is 2.19. The normalized spacial score (nSPS) is 23.4. The number of aliphatic carboxylic acids is 1. The SMILES string of the molecule is C#CCC(NC(=O)NC1CCC(CCC)CC1)C(=O)O. The first-order valence-corrected chi connectivity index (χ1v) is 7.30. The first kappa shape index (κ1) is 16.4. The van der Waals surface area contributed by atoms with Gasteiger partial charge in [0, 0.05) is 12.5 Å². The van der Waals surface area contributed by atoms with Crippen molar-refractivity contribution >= 4 is 12.0 Å². The van der Waals surface area contributed by atoms with Gasteiger partial charge < -0.3 is 15.7 Å². The van der Waals surface area contributed by atoms with Crippen molar-refractivity contribution < 1.29 is 14.7 Å². The van der Waals surface area contributed by atoms with Crippen LogP contribution in [0.5, 0.6) is 0 Å². The Morgan fingerprint density at radius 1 is 1.35 bits per heavy atom. The number of carboxylic acids is 1. The monoisotopic (exact) mass is 280 g/mol. The molecule has 3 N–H and O–H groups in total. The molecule has 1 rings (SSSR count). The third-order valence-corrected chi connectivity index (χ3v) is 3.80. The zero-order valence-corrected chi connectivity index (χ0v) is 12.0. The zero-order valence-electron chi connectivity index (χ0n) is 12.0. The topological polar surface area (TPSA) is 78.4 Å². The van der Waals surface area contributed by atoms with Gasteiger partial charge in [-0.2, -0.15) is 0 Å². The van der Waals surface area contributed by atoms with Crippen LogP contribution in [0, 0.1) is 18.3 Å². The van der Waals surface area contributed by atoms with E-state index >= 15 is 0 Å². The largest absolute Gasteiger partial charge is 0.480 e. The van der Waals surface area contributed by atoms with Gasteiger partial charge in [-0.25, -0.2) is 9.59 Å². The number of hydrogen-bond acceptors (Lipinski definition) is 2. The van der Waals surface area contributed by atoms with Crippen LogP contribution in [0.4, 0.5) is 4.79 Å². The third-order valence-electron chi connectivity index (χ3n) is 3.80. The zero-order chi connectivity index (χ0) is 15.0. The number of hydrogen-bond donors (Lipinski definition) is 3. The Labute approximate surface area is 120 Å². The van der Waals surface area contributed by atoms with Crippen LogP contribution < -0.4 is 10.6 Å². The van der Waals surface area contributed by atoms with E-state index < -0.39 is 18.0 Å². The molecule has 1 fully saturated rings. The summed E-state index contributed by atoms with van der Waals surface area (Å²) in [5.74, 6) is 1.92. The number of amides is 2. The molecule has 1 atom stereocenters. The molecule has 1 aliphatic carbocycles. The van der Waals surface area contributed by atoms with Gasteiger partial charge in [-0.15, -0.1) is 12.3 Å². The Bertz CT molecular complexity index is 368. The molecule has 2 amide bonds. The summed E-state index contributed by atoms with van der Waals surface area (Å²) < 4.78 is 0. The van der Waals surface area contributed by atoms with E-state index in [0.29, 0.717) is 0 Å². The van der Waals surface area contributed by atoms with Crippen LogP contribution >= 0.6 is 0 Å². The molecular formula is C15H24N2O3. The Morgan fingerprint density at radius 2 is 2.00 bits per heavy atom. The highest BCUT2D eigenvalue weighted by atomic mass is 16.4. The van der Waals surface area contributed by atoms with Gasteiger partial charge in [0.25, 0.3) is 0 Å². The fourth-order valence-corrected chi connectivity index (χ4v) is 2.71. The molecule has 1 unspecified atom stereocenters. The summed E-state index contributed by atoms with van der Waals surface area (Å²) in [7, 11) is 0. The first-order chi connectivity index (χ1) is 9.56. The number of terminal acetylenes is 1. The number of carbonyl (C=O) groups is 2. The number of nitrogens with one attached hydrogen (secondary N) is 2. The molecule has 0 radical (unpaired) electrons. The van der Waals surface area contributed by atoms with E-state index in [9.17, 15) is 9.59 Å². The molecule has 0 bridgehead atoms. The van der Waals surface area contributed by atoms with Crippen molar-refractivity contribution in [1.82, 2.24) is 10.6 Å². The lowest BCUT2D eigenvalue weighted by Gasteiger charge is -2.29. The van der Waals surface area contributed by atoms with Gasteiger partial charge in [0.1, 0.15) is 6.04 Å². The van der Waals surface area contributed by atoms with Crippen molar-refractivity contribution in [2.45, 2.75) is 64.0 Å². The van der Waals surface area contributed by atoms with E-state index in [4.69, 9.17) is 11.5 Å². The summed E-state index contributed by atoms with van der Waals surface area (Å²) in [6.07, 6.45) is 11.7. The van der Waals surface area contributed by atoms with Crippen LogP contribution in [0.2, 0.25) is 0 Å². The minimum atomic E-state index is -1.11. The van der Waals surface area contributed by atoms with E-state index in [1.807, 2.05) is 0 Å². The number of carbonyl (C=O) groups excluding carboxylic acids is 1. The minimum absolute atomic E-state index is 0.00794. The van der Waals surface area contributed by atoms with Gasteiger partial charge in [-0.3, -0.25) is 0 Å². The molecular weight excluding hydrogens is 256 g/mol. The van der Waals surface area contributed by atoms with Crippen molar-refractivity contribution in [3.8, 4) is 12.3 Å². The van der Waals surface area contributed by atoms with Crippen LogP contribution in [0.15, 0.2) is 0 Å². The van der Waals surface area contributed by atoms with Crippen LogP contribution in [0.25, 0.3) is 0 Å². The molecule has 1 saturated carbocycles. The molecule has 0 aliphatic heterocycles. The molecule has 5 nitrogen and oxygen atoms in total. The lowest BCUT2D eigenvalue weighted by Crippen LogP contribution is -2.49. The van der Waals surface area contributed by atoms with Crippen LogP contribution in [-0.4, -0.2) is 29.2 Å². The van der Waals surface area contributed by atoms with Crippen molar-refractivity contribution in [2.24, 2.45) is 5.92 Å². The van der Waals surface area contributed by atoms with Crippen molar-refractivity contribution in [1.29, 1.82) is 0 Å². The second kappa shape index (κ2) is 8.47. The van der Waals surface area contributed by atoms with Crippen LogP contribution in [-0.2, 0) is 4.79 Å². The maximum atomic E-state index is 11.8. The highest BCUT2D eigenvalue weighted by molar-refractivity contribution is 5.82. The summed E-state index contributed by atoms with van der Waals surface area (Å²) in [5.41, 5.74) is 0. The highest BCUT2D eigenvalue weighted by Crippen LogP contribution is 2.27. The second-order valence-corrected chi connectivity index (χ2v) is 5.42. The highest BCUT2D eigenvalue weighted by Gasteiger charge is 2.24. The van der Waals surface area contributed by atoms with E-state index in [1.165, 1.54) is 12.8 Å². The standard InChI is InChI=1S/C15H24N2O3/c1-3-5-11-7-9-12(10-8-11)16-15(20)17-13(6-4-2)14(18)19/h2,11-13H,3,5-10H2,1H3,(H,18,19)(H2,16,17,20). The maximum Gasteiger partial charge on any atom is 0.327 e. The van der Waals surface area contributed by atoms with Gasteiger partial charge in [0.2, 0.25) is 0 Å². The number of carboxylic acid groups (broad SMARTS) is 1.